The maximum absolute atomic E-state index is 13.8. The first-order chi connectivity index (χ1) is 16.4. The number of carbonyl (C=O) groups excluding carboxylic acids is 2. The van der Waals surface area contributed by atoms with Gasteiger partial charge in [-0.05, 0) is 54.8 Å². The van der Waals surface area contributed by atoms with Crippen LogP contribution >= 0.6 is 11.3 Å². The second-order valence-corrected chi connectivity index (χ2v) is 8.53. The van der Waals surface area contributed by atoms with Gasteiger partial charge in [0.15, 0.2) is 5.13 Å². The monoisotopic (exact) mass is 481 g/mol. The number of nitrogens with zero attached hydrogens (tertiary/aromatic N) is 1. The molecule has 9 heteroatoms. The van der Waals surface area contributed by atoms with Gasteiger partial charge in [-0.1, -0.05) is 24.3 Å². The van der Waals surface area contributed by atoms with Crippen molar-refractivity contribution in [2.45, 2.75) is 25.8 Å². The Morgan fingerprint density at radius 2 is 1.85 bits per heavy atom. The first-order valence-corrected chi connectivity index (χ1v) is 11.3. The lowest BCUT2D eigenvalue weighted by molar-refractivity contribution is -0.121. The fourth-order valence-electron chi connectivity index (χ4n) is 3.52. The lowest BCUT2D eigenvalue weighted by Crippen LogP contribution is -2.31. The maximum atomic E-state index is 13.8. The van der Waals surface area contributed by atoms with Crippen LogP contribution in [0.3, 0.4) is 0 Å². The van der Waals surface area contributed by atoms with Crippen LogP contribution in [0.15, 0.2) is 70.7 Å². The molecule has 2 N–H and O–H groups in total. The van der Waals surface area contributed by atoms with Crippen molar-refractivity contribution in [2.75, 3.05) is 5.32 Å². The molecule has 0 bridgehead atoms. The molecule has 0 fully saturated rings. The number of anilines is 1. The number of halogens is 2. The molecule has 2 amide bonds. The number of amides is 2. The van der Waals surface area contributed by atoms with Crippen LogP contribution < -0.4 is 10.6 Å². The van der Waals surface area contributed by atoms with Gasteiger partial charge in [-0.2, -0.15) is 0 Å². The van der Waals surface area contributed by atoms with Crippen LogP contribution in [-0.4, -0.2) is 16.8 Å². The SMILES string of the molecule is Cc1occc1C(=O)Nc1nc(CC(=O)NC(Cc2cccc(F)c2)c2cccc(F)c2)cs1. The van der Waals surface area contributed by atoms with Crippen LogP contribution in [0, 0.1) is 18.6 Å². The van der Waals surface area contributed by atoms with Crippen LogP contribution in [0.25, 0.3) is 0 Å². The number of carbonyl (C=O) groups is 2. The number of aryl methyl sites for hydroxylation is 1. The van der Waals surface area contributed by atoms with E-state index in [2.05, 4.69) is 15.6 Å². The Morgan fingerprint density at radius 3 is 2.56 bits per heavy atom. The van der Waals surface area contributed by atoms with Crippen molar-refractivity contribution in [3.63, 3.8) is 0 Å². The summed E-state index contributed by atoms with van der Waals surface area (Å²) in [5, 5.41) is 7.62. The molecule has 34 heavy (non-hydrogen) atoms. The number of benzene rings is 2. The van der Waals surface area contributed by atoms with Crippen molar-refractivity contribution in [1.82, 2.24) is 10.3 Å². The molecular formula is C25H21F2N3O3S. The largest absolute Gasteiger partial charge is 0.469 e. The molecule has 0 aliphatic rings. The molecule has 6 nitrogen and oxygen atoms in total. The Labute approximate surface area is 198 Å². The second-order valence-electron chi connectivity index (χ2n) is 7.67. The van der Waals surface area contributed by atoms with Gasteiger partial charge in [-0.3, -0.25) is 14.9 Å². The van der Waals surface area contributed by atoms with Gasteiger partial charge in [0.2, 0.25) is 5.91 Å². The quantitative estimate of drug-likeness (QED) is 0.362. The van der Waals surface area contributed by atoms with E-state index in [1.54, 1.807) is 42.6 Å². The Morgan fingerprint density at radius 1 is 1.09 bits per heavy atom. The highest BCUT2D eigenvalue weighted by atomic mass is 32.1. The third-order valence-electron chi connectivity index (χ3n) is 5.13. The van der Waals surface area contributed by atoms with E-state index >= 15 is 0 Å². The normalized spacial score (nSPS) is 11.7. The van der Waals surface area contributed by atoms with E-state index in [9.17, 15) is 18.4 Å². The standard InChI is InChI=1S/C25H21F2N3O3S/c1-15-21(8-9-33-15)24(32)30-25-28-20(14-34-25)13-23(31)29-22(17-5-3-7-19(27)12-17)11-16-4-2-6-18(26)10-16/h2-10,12,14,22H,11,13H2,1H3,(H,29,31)(H,28,30,32). The van der Waals surface area contributed by atoms with Crippen molar-refractivity contribution in [2.24, 2.45) is 0 Å². The Bertz CT molecular complexity index is 1320. The molecule has 2 aromatic heterocycles. The molecule has 174 valence electrons. The highest BCUT2D eigenvalue weighted by molar-refractivity contribution is 7.14. The number of rotatable bonds is 8. The molecule has 0 spiro atoms. The van der Waals surface area contributed by atoms with Crippen molar-refractivity contribution in [3.05, 3.63) is 106 Å². The third kappa shape index (κ3) is 5.93. The average molecular weight is 482 g/mol. The molecule has 0 radical (unpaired) electrons. The van der Waals surface area contributed by atoms with Crippen LogP contribution in [0.1, 0.15) is 39.0 Å². The van der Waals surface area contributed by atoms with E-state index in [-0.39, 0.29) is 30.5 Å². The molecule has 4 rings (SSSR count). The molecule has 4 aromatic rings. The fraction of sp³-hybridized carbons (Fsp3) is 0.160. The number of hydrogen-bond acceptors (Lipinski definition) is 5. The highest BCUT2D eigenvalue weighted by Crippen LogP contribution is 2.22. The van der Waals surface area contributed by atoms with Crippen LogP contribution in [-0.2, 0) is 17.6 Å². The van der Waals surface area contributed by atoms with E-state index < -0.39 is 11.9 Å². The van der Waals surface area contributed by atoms with Gasteiger partial charge in [0, 0.05) is 5.38 Å². The molecule has 0 aliphatic heterocycles. The van der Waals surface area contributed by atoms with Gasteiger partial charge < -0.3 is 9.73 Å². The van der Waals surface area contributed by atoms with Crippen LogP contribution in [0.5, 0.6) is 0 Å². The molecule has 0 aliphatic carbocycles. The zero-order chi connectivity index (χ0) is 24.1. The molecule has 1 atom stereocenters. The van der Waals surface area contributed by atoms with Crippen molar-refractivity contribution < 1.29 is 22.8 Å². The lowest BCUT2D eigenvalue weighted by Gasteiger charge is -2.19. The maximum Gasteiger partial charge on any atom is 0.260 e. The number of aromatic nitrogens is 1. The number of hydrogen-bond donors (Lipinski definition) is 2. The van der Waals surface area contributed by atoms with Crippen LogP contribution in [0.4, 0.5) is 13.9 Å². The summed E-state index contributed by atoms with van der Waals surface area (Å²) in [6, 6.07) is 13.0. The summed E-state index contributed by atoms with van der Waals surface area (Å²) < 4.78 is 32.6. The van der Waals surface area contributed by atoms with E-state index in [0.717, 1.165) is 0 Å². The van der Waals surface area contributed by atoms with Gasteiger partial charge in [0.05, 0.1) is 30.0 Å². The summed E-state index contributed by atoms with van der Waals surface area (Å²) in [5.41, 5.74) is 2.12. The predicted octanol–water partition coefficient (Wildman–Crippen LogP) is 5.22. The average Bonchev–Trinajstić information content (AvgIpc) is 3.41. The van der Waals surface area contributed by atoms with Gasteiger partial charge in [-0.15, -0.1) is 11.3 Å². The summed E-state index contributed by atoms with van der Waals surface area (Å²) >= 11 is 1.20. The van der Waals surface area contributed by atoms with Crippen LogP contribution in [0.2, 0.25) is 0 Å². The highest BCUT2D eigenvalue weighted by Gasteiger charge is 2.19. The zero-order valence-electron chi connectivity index (χ0n) is 18.2. The molecule has 1 unspecified atom stereocenters. The Hall–Kier alpha value is -3.85. The Balaban J connectivity index is 1.43. The number of thiazole rings is 1. The molecule has 2 aromatic carbocycles. The summed E-state index contributed by atoms with van der Waals surface area (Å²) in [6.07, 6.45) is 1.68. The summed E-state index contributed by atoms with van der Waals surface area (Å²) in [5.74, 6) is -0.999. The summed E-state index contributed by atoms with van der Waals surface area (Å²) in [7, 11) is 0. The molecule has 0 saturated carbocycles. The minimum absolute atomic E-state index is 0.0356. The minimum Gasteiger partial charge on any atom is -0.469 e. The van der Waals surface area contributed by atoms with Gasteiger partial charge >= 0.3 is 0 Å². The third-order valence-corrected chi connectivity index (χ3v) is 5.94. The number of nitrogens with one attached hydrogen (secondary N) is 2. The van der Waals surface area contributed by atoms with E-state index in [4.69, 9.17) is 4.42 Å². The Kier molecular flexibility index (Phi) is 7.12. The molecule has 0 saturated heterocycles. The van der Waals surface area contributed by atoms with E-state index in [1.165, 1.54) is 41.9 Å². The summed E-state index contributed by atoms with van der Waals surface area (Å²) in [4.78, 5) is 29.4. The smallest absolute Gasteiger partial charge is 0.260 e. The first-order valence-electron chi connectivity index (χ1n) is 10.5. The van der Waals surface area contributed by atoms with Gasteiger partial charge in [0.1, 0.15) is 17.4 Å². The van der Waals surface area contributed by atoms with Crippen molar-refractivity contribution in [3.8, 4) is 0 Å². The zero-order valence-corrected chi connectivity index (χ0v) is 19.0. The van der Waals surface area contributed by atoms with E-state index in [0.29, 0.717) is 33.3 Å². The summed E-state index contributed by atoms with van der Waals surface area (Å²) in [6.45, 7) is 1.69. The van der Waals surface area contributed by atoms with E-state index in [1.807, 2.05) is 0 Å². The van der Waals surface area contributed by atoms with Gasteiger partial charge in [0.25, 0.3) is 5.91 Å². The topological polar surface area (TPSA) is 84.2 Å². The van der Waals surface area contributed by atoms with Crippen molar-refractivity contribution in [1.29, 1.82) is 0 Å². The minimum atomic E-state index is -0.563. The van der Waals surface area contributed by atoms with Crippen molar-refractivity contribution >= 4 is 28.3 Å². The second kappa shape index (κ2) is 10.4. The fourth-order valence-corrected chi connectivity index (χ4v) is 4.22. The first kappa shape index (κ1) is 23.3. The lowest BCUT2D eigenvalue weighted by atomic mass is 9.98. The molecule has 2 heterocycles. The predicted molar refractivity (Wildman–Crippen MR) is 125 cm³/mol. The van der Waals surface area contributed by atoms with Gasteiger partial charge in [-0.25, -0.2) is 13.8 Å². The molecular weight excluding hydrogens is 460 g/mol. The number of furan rings is 1.